The number of carbonyl (C=O) groups excluding carboxylic acids is 1. The SMILES string of the molecule is O=C(NC1CCN(Cc2ccc(Cl)cc2)CC1)C1CC1c1ccc(F)cc1. The summed E-state index contributed by atoms with van der Waals surface area (Å²) in [5.74, 6) is 0.212. The Hall–Kier alpha value is -1.91. The van der Waals surface area contributed by atoms with E-state index in [0.29, 0.717) is 0 Å². The number of piperidine rings is 1. The molecule has 2 aromatic carbocycles. The topological polar surface area (TPSA) is 32.3 Å². The van der Waals surface area contributed by atoms with Crippen LogP contribution in [0.2, 0.25) is 5.02 Å². The van der Waals surface area contributed by atoms with Crippen molar-refractivity contribution in [2.75, 3.05) is 13.1 Å². The van der Waals surface area contributed by atoms with E-state index in [4.69, 9.17) is 11.6 Å². The molecule has 1 N–H and O–H groups in total. The molecule has 3 nitrogen and oxygen atoms in total. The third-order valence-electron chi connectivity index (χ3n) is 5.68. The van der Waals surface area contributed by atoms with Gasteiger partial charge in [0.15, 0.2) is 0 Å². The minimum absolute atomic E-state index is 0.0440. The molecule has 1 amide bonds. The average molecular weight is 387 g/mol. The summed E-state index contributed by atoms with van der Waals surface area (Å²) in [6, 6.07) is 14.8. The first-order valence-electron chi connectivity index (χ1n) is 9.61. The minimum Gasteiger partial charge on any atom is -0.353 e. The summed E-state index contributed by atoms with van der Waals surface area (Å²) in [5.41, 5.74) is 2.33. The number of nitrogens with one attached hydrogen (secondary N) is 1. The lowest BCUT2D eigenvalue weighted by Crippen LogP contribution is -2.44. The van der Waals surface area contributed by atoms with Gasteiger partial charge >= 0.3 is 0 Å². The van der Waals surface area contributed by atoms with E-state index >= 15 is 0 Å². The maximum absolute atomic E-state index is 13.0. The maximum atomic E-state index is 13.0. The van der Waals surface area contributed by atoms with Crippen LogP contribution in [-0.4, -0.2) is 29.9 Å². The molecule has 142 valence electrons. The average Bonchev–Trinajstić information content (AvgIpc) is 3.47. The normalized spacial score (nSPS) is 23.2. The van der Waals surface area contributed by atoms with Gasteiger partial charge in [-0.2, -0.15) is 0 Å². The zero-order chi connectivity index (χ0) is 18.8. The van der Waals surface area contributed by atoms with Crippen molar-refractivity contribution in [1.29, 1.82) is 0 Å². The van der Waals surface area contributed by atoms with Crippen LogP contribution in [-0.2, 0) is 11.3 Å². The van der Waals surface area contributed by atoms with Gasteiger partial charge in [0.2, 0.25) is 5.91 Å². The van der Waals surface area contributed by atoms with Crippen molar-refractivity contribution < 1.29 is 9.18 Å². The smallest absolute Gasteiger partial charge is 0.223 e. The van der Waals surface area contributed by atoms with Crippen molar-refractivity contribution >= 4 is 17.5 Å². The Morgan fingerprint density at radius 2 is 1.74 bits per heavy atom. The number of benzene rings is 2. The van der Waals surface area contributed by atoms with Gasteiger partial charge in [-0.3, -0.25) is 9.69 Å². The summed E-state index contributed by atoms with van der Waals surface area (Å²) >= 11 is 5.94. The molecule has 1 aliphatic heterocycles. The molecule has 4 rings (SSSR count). The Kier molecular flexibility index (Phi) is 5.46. The fourth-order valence-corrected chi connectivity index (χ4v) is 4.08. The van der Waals surface area contributed by atoms with Gasteiger partial charge in [0, 0.05) is 36.6 Å². The van der Waals surface area contributed by atoms with Gasteiger partial charge in [-0.05, 0) is 60.6 Å². The second kappa shape index (κ2) is 7.99. The highest BCUT2D eigenvalue weighted by Gasteiger charge is 2.44. The fourth-order valence-electron chi connectivity index (χ4n) is 3.95. The third kappa shape index (κ3) is 4.69. The fraction of sp³-hybridized carbons (Fsp3) is 0.409. The van der Waals surface area contributed by atoms with Crippen LogP contribution in [0.15, 0.2) is 48.5 Å². The second-order valence-electron chi connectivity index (χ2n) is 7.69. The van der Waals surface area contributed by atoms with Crippen LogP contribution in [0.4, 0.5) is 4.39 Å². The molecule has 0 radical (unpaired) electrons. The molecule has 2 atom stereocenters. The van der Waals surface area contributed by atoms with Crippen molar-refractivity contribution in [3.63, 3.8) is 0 Å². The number of hydrogen-bond acceptors (Lipinski definition) is 2. The van der Waals surface area contributed by atoms with Crippen LogP contribution >= 0.6 is 11.6 Å². The quantitative estimate of drug-likeness (QED) is 0.827. The van der Waals surface area contributed by atoms with E-state index in [2.05, 4.69) is 22.3 Å². The van der Waals surface area contributed by atoms with Crippen molar-refractivity contribution in [3.8, 4) is 0 Å². The summed E-state index contributed by atoms with van der Waals surface area (Å²) in [7, 11) is 0. The van der Waals surface area contributed by atoms with Crippen LogP contribution in [0.25, 0.3) is 0 Å². The van der Waals surface area contributed by atoms with Crippen molar-refractivity contribution in [2.24, 2.45) is 5.92 Å². The van der Waals surface area contributed by atoms with E-state index in [9.17, 15) is 9.18 Å². The van der Waals surface area contributed by atoms with Crippen LogP contribution in [0.1, 0.15) is 36.3 Å². The first kappa shape index (κ1) is 18.5. The Bertz CT molecular complexity index is 785. The van der Waals surface area contributed by atoms with Gasteiger partial charge in [0.05, 0.1) is 0 Å². The Morgan fingerprint density at radius 1 is 1.07 bits per heavy atom. The number of rotatable bonds is 5. The lowest BCUT2D eigenvalue weighted by atomic mass is 10.0. The molecular weight excluding hydrogens is 363 g/mol. The molecule has 2 fully saturated rings. The van der Waals surface area contributed by atoms with Crippen molar-refractivity contribution in [2.45, 2.75) is 37.8 Å². The van der Waals surface area contributed by atoms with Gasteiger partial charge in [0.1, 0.15) is 5.82 Å². The monoisotopic (exact) mass is 386 g/mol. The predicted molar refractivity (Wildman–Crippen MR) is 105 cm³/mol. The highest BCUT2D eigenvalue weighted by molar-refractivity contribution is 6.30. The van der Waals surface area contributed by atoms with Gasteiger partial charge < -0.3 is 5.32 Å². The van der Waals surface area contributed by atoms with E-state index in [1.807, 2.05) is 12.1 Å². The molecule has 2 unspecified atom stereocenters. The van der Waals surface area contributed by atoms with Gasteiger partial charge in [-0.15, -0.1) is 0 Å². The van der Waals surface area contributed by atoms with Crippen LogP contribution in [0, 0.1) is 11.7 Å². The highest BCUT2D eigenvalue weighted by Crippen LogP contribution is 2.47. The molecule has 2 aliphatic rings. The Balaban J connectivity index is 1.22. The molecule has 1 saturated carbocycles. The molecule has 0 aromatic heterocycles. The number of likely N-dealkylation sites (tertiary alicyclic amines) is 1. The lowest BCUT2D eigenvalue weighted by Gasteiger charge is -2.32. The lowest BCUT2D eigenvalue weighted by molar-refractivity contribution is -0.123. The van der Waals surface area contributed by atoms with Crippen LogP contribution < -0.4 is 5.32 Å². The van der Waals surface area contributed by atoms with E-state index in [0.717, 1.165) is 49.5 Å². The van der Waals surface area contributed by atoms with Crippen LogP contribution in [0.5, 0.6) is 0 Å². The summed E-state index contributed by atoms with van der Waals surface area (Å²) < 4.78 is 13.0. The van der Waals surface area contributed by atoms with Crippen molar-refractivity contribution in [1.82, 2.24) is 10.2 Å². The first-order valence-corrected chi connectivity index (χ1v) is 9.99. The van der Waals surface area contributed by atoms with Gasteiger partial charge in [-0.1, -0.05) is 35.9 Å². The zero-order valence-corrected chi connectivity index (χ0v) is 16.0. The zero-order valence-electron chi connectivity index (χ0n) is 15.2. The predicted octanol–water partition coefficient (Wildman–Crippen LogP) is 4.36. The first-order chi connectivity index (χ1) is 13.1. The van der Waals surface area contributed by atoms with Crippen molar-refractivity contribution in [3.05, 3.63) is 70.5 Å². The third-order valence-corrected chi connectivity index (χ3v) is 5.93. The molecule has 0 bridgehead atoms. The number of amides is 1. The van der Waals surface area contributed by atoms with Gasteiger partial charge in [-0.25, -0.2) is 4.39 Å². The molecule has 2 aromatic rings. The number of halogens is 2. The molecule has 5 heteroatoms. The van der Waals surface area contributed by atoms with E-state index in [1.165, 1.54) is 17.7 Å². The maximum Gasteiger partial charge on any atom is 0.223 e. The minimum atomic E-state index is -0.231. The van der Waals surface area contributed by atoms with Crippen LogP contribution in [0.3, 0.4) is 0 Å². The Labute approximate surface area is 164 Å². The second-order valence-corrected chi connectivity index (χ2v) is 8.12. The number of hydrogen-bond donors (Lipinski definition) is 1. The summed E-state index contributed by atoms with van der Waals surface area (Å²) in [6.07, 6.45) is 2.83. The Morgan fingerprint density at radius 3 is 2.41 bits per heavy atom. The molecular formula is C22H24ClFN2O. The molecule has 1 saturated heterocycles. The standard InChI is InChI=1S/C22H24ClFN2O/c23-17-5-1-15(2-6-17)14-26-11-9-19(10-12-26)25-22(27)21-13-20(21)16-3-7-18(24)8-4-16/h1-8,19-21H,9-14H2,(H,25,27). The van der Waals surface area contributed by atoms with E-state index < -0.39 is 0 Å². The highest BCUT2D eigenvalue weighted by atomic mass is 35.5. The van der Waals surface area contributed by atoms with E-state index in [-0.39, 0.29) is 29.6 Å². The summed E-state index contributed by atoms with van der Waals surface area (Å²) in [5, 5.41) is 3.99. The molecule has 1 heterocycles. The summed E-state index contributed by atoms with van der Waals surface area (Å²) in [6.45, 7) is 2.90. The number of nitrogens with zero attached hydrogens (tertiary/aromatic N) is 1. The van der Waals surface area contributed by atoms with Gasteiger partial charge in [0.25, 0.3) is 0 Å². The molecule has 27 heavy (non-hydrogen) atoms. The molecule has 0 spiro atoms. The van der Waals surface area contributed by atoms with E-state index in [1.54, 1.807) is 12.1 Å². The number of carbonyl (C=O) groups is 1. The largest absolute Gasteiger partial charge is 0.353 e. The molecule has 1 aliphatic carbocycles. The summed E-state index contributed by atoms with van der Waals surface area (Å²) in [4.78, 5) is 14.9.